The molecule has 0 atom stereocenters. The Morgan fingerprint density at radius 1 is 0.947 bits per heavy atom. The number of halogens is 6. The van der Waals surface area contributed by atoms with Crippen LogP contribution in [0.15, 0.2) is 24.3 Å². The molecule has 2 aromatic rings. The predicted molar refractivity (Wildman–Crippen MR) is 52.1 cm³/mol. The molecule has 1 heterocycles. The van der Waals surface area contributed by atoms with Crippen molar-refractivity contribution in [2.45, 2.75) is 18.0 Å². The number of benzene rings is 1. The molecular weight excluding hydrogens is 278 g/mol. The van der Waals surface area contributed by atoms with E-state index in [0.29, 0.717) is 0 Å². The van der Waals surface area contributed by atoms with Crippen LogP contribution in [0.4, 0.5) is 26.3 Å². The van der Waals surface area contributed by atoms with E-state index in [2.05, 4.69) is 4.98 Å². The maximum atomic E-state index is 12.6. The van der Waals surface area contributed by atoms with Crippen molar-refractivity contribution in [2.75, 3.05) is 0 Å². The first-order valence-corrected chi connectivity index (χ1v) is 4.88. The van der Waals surface area contributed by atoms with Crippen molar-refractivity contribution < 1.29 is 31.4 Å². The highest BCUT2D eigenvalue weighted by atomic mass is 19.4. The highest BCUT2D eigenvalue weighted by molar-refractivity contribution is 5.75. The van der Waals surface area contributed by atoms with E-state index in [1.54, 1.807) is 0 Å². The summed E-state index contributed by atoms with van der Waals surface area (Å²) in [6.07, 6.45) is -11.9. The van der Waals surface area contributed by atoms with Crippen molar-refractivity contribution in [3.8, 4) is 0 Å². The van der Waals surface area contributed by atoms with Crippen LogP contribution in [0, 0.1) is 0 Å². The van der Waals surface area contributed by atoms with Crippen molar-refractivity contribution >= 4 is 11.0 Å². The van der Waals surface area contributed by atoms with Gasteiger partial charge in [-0.3, -0.25) is 0 Å². The average Bonchev–Trinajstić information content (AvgIpc) is 2.68. The van der Waals surface area contributed by atoms with E-state index >= 15 is 0 Å². The Balaban J connectivity index is 2.69. The lowest BCUT2D eigenvalue weighted by atomic mass is 10.0. The smallest absolute Gasteiger partial charge is 0.367 e. The van der Waals surface area contributed by atoms with E-state index < -0.39 is 23.8 Å². The van der Waals surface area contributed by atoms with Gasteiger partial charge in [-0.05, 0) is 12.1 Å². The normalized spacial score (nSPS) is 14.1. The van der Waals surface area contributed by atoms with Crippen LogP contribution in [0.3, 0.4) is 0 Å². The van der Waals surface area contributed by atoms with Gasteiger partial charge in [-0.1, -0.05) is 12.1 Å². The SMILES string of the molecule is OC(c1nc2ccccc2[nH]1)(C(F)(F)F)C(F)(F)F. The first-order valence-electron chi connectivity index (χ1n) is 4.88. The third-order valence-corrected chi connectivity index (χ3v) is 2.55. The first kappa shape index (κ1) is 13.7. The van der Waals surface area contributed by atoms with Crippen LogP contribution >= 0.6 is 0 Å². The highest BCUT2D eigenvalue weighted by Gasteiger charge is 2.73. The molecule has 0 spiro atoms. The third-order valence-electron chi connectivity index (χ3n) is 2.55. The fraction of sp³-hybridized carbons (Fsp3) is 0.300. The molecule has 19 heavy (non-hydrogen) atoms. The minimum atomic E-state index is -5.95. The van der Waals surface area contributed by atoms with Gasteiger partial charge in [0.15, 0.2) is 5.82 Å². The summed E-state index contributed by atoms with van der Waals surface area (Å²) in [4.78, 5) is 5.02. The average molecular weight is 284 g/mol. The molecular formula is C10H6F6N2O. The molecule has 2 N–H and O–H groups in total. The Morgan fingerprint density at radius 3 is 1.95 bits per heavy atom. The number of para-hydroxylation sites is 2. The Bertz CT molecular complexity index is 553. The number of alkyl halides is 6. The number of hydrogen-bond donors (Lipinski definition) is 2. The minimum Gasteiger partial charge on any atom is -0.367 e. The lowest BCUT2D eigenvalue weighted by Gasteiger charge is -2.30. The Kier molecular flexibility index (Phi) is 2.77. The van der Waals surface area contributed by atoms with Crippen LogP contribution < -0.4 is 0 Å². The Morgan fingerprint density at radius 2 is 1.47 bits per heavy atom. The molecule has 0 aliphatic rings. The number of fused-ring (bicyclic) bond motifs is 1. The van der Waals surface area contributed by atoms with Crippen molar-refractivity contribution in [1.82, 2.24) is 9.97 Å². The molecule has 0 amide bonds. The van der Waals surface area contributed by atoms with Gasteiger partial charge in [0.2, 0.25) is 0 Å². The van der Waals surface area contributed by atoms with Crippen molar-refractivity contribution in [3.05, 3.63) is 30.1 Å². The first-order chi connectivity index (χ1) is 8.57. The fourth-order valence-electron chi connectivity index (χ4n) is 1.55. The van der Waals surface area contributed by atoms with Crippen molar-refractivity contribution in [3.63, 3.8) is 0 Å². The summed E-state index contributed by atoms with van der Waals surface area (Å²) in [5.74, 6) is -1.60. The number of aliphatic hydroxyl groups is 1. The molecule has 0 unspecified atom stereocenters. The van der Waals surface area contributed by atoms with Crippen molar-refractivity contribution in [1.29, 1.82) is 0 Å². The van der Waals surface area contributed by atoms with Crippen LogP contribution in [-0.4, -0.2) is 27.4 Å². The van der Waals surface area contributed by atoms with Gasteiger partial charge in [0, 0.05) is 0 Å². The number of aromatic nitrogens is 2. The predicted octanol–water partition coefficient (Wildman–Crippen LogP) is 2.88. The molecule has 0 saturated carbocycles. The lowest BCUT2D eigenvalue weighted by molar-refractivity contribution is -0.378. The van der Waals surface area contributed by atoms with Gasteiger partial charge >= 0.3 is 18.0 Å². The fourth-order valence-corrected chi connectivity index (χ4v) is 1.55. The summed E-state index contributed by atoms with van der Waals surface area (Å²) in [6, 6.07) is 5.28. The number of nitrogens with one attached hydrogen (secondary N) is 1. The van der Waals surface area contributed by atoms with E-state index in [1.165, 1.54) is 24.3 Å². The summed E-state index contributed by atoms with van der Waals surface area (Å²) < 4.78 is 75.5. The van der Waals surface area contributed by atoms with Crippen LogP contribution in [0.2, 0.25) is 0 Å². The number of rotatable bonds is 1. The van der Waals surface area contributed by atoms with Crippen LogP contribution in [0.5, 0.6) is 0 Å². The summed E-state index contributed by atoms with van der Waals surface area (Å²) >= 11 is 0. The minimum absolute atomic E-state index is 0.0376. The summed E-state index contributed by atoms with van der Waals surface area (Å²) in [5.41, 5.74) is -5.17. The number of nitrogens with zero attached hydrogens (tertiary/aromatic N) is 1. The third kappa shape index (κ3) is 1.93. The van der Waals surface area contributed by atoms with E-state index in [9.17, 15) is 26.3 Å². The van der Waals surface area contributed by atoms with Gasteiger partial charge in [0.25, 0.3) is 0 Å². The van der Waals surface area contributed by atoms with E-state index in [1.807, 2.05) is 4.98 Å². The number of hydrogen-bond acceptors (Lipinski definition) is 2. The van der Waals surface area contributed by atoms with E-state index in [4.69, 9.17) is 5.11 Å². The van der Waals surface area contributed by atoms with Crippen LogP contribution in [0.1, 0.15) is 5.82 Å². The van der Waals surface area contributed by atoms with Crippen molar-refractivity contribution in [2.24, 2.45) is 0 Å². The second-order valence-corrected chi connectivity index (χ2v) is 3.81. The zero-order valence-electron chi connectivity index (χ0n) is 8.97. The lowest BCUT2D eigenvalue weighted by Crippen LogP contribution is -2.54. The van der Waals surface area contributed by atoms with Gasteiger partial charge in [-0.15, -0.1) is 0 Å². The number of imidazole rings is 1. The van der Waals surface area contributed by atoms with Gasteiger partial charge in [-0.25, -0.2) is 4.98 Å². The zero-order chi connectivity index (χ0) is 14.5. The summed E-state index contributed by atoms with van der Waals surface area (Å²) in [7, 11) is 0. The summed E-state index contributed by atoms with van der Waals surface area (Å²) in [6.45, 7) is 0. The number of H-pyrrole nitrogens is 1. The van der Waals surface area contributed by atoms with Gasteiger partial charge in [0.05, 0.1) is 11.0 Å². The molecule has 9 heteroatoms. The molecule has 0 bridgehead atoms. The molecule has 1 aromatic carbocycles. The van der Waals surface area contributed by atoms with Gasteiger partial charge < -0.3 is 10.1 Å². The quantitative estimate of drug-likeness (QED) is 0.791. The second-order valence-electron chi connectivity index (χ2n) is 3.81. The second kappa shape index (κ2) is 3.86. The molecule has 104 valence electrons. The largest absolute Gasteiger partial charge is 0.433 e. The molecule has 0 aliphatic carbocycles. The number of aromatic amines is 1. The van der Waals surface area contributed by atoms with Gasteiger partial charge in [-0.2, -0.15) is 26.3 Å². The standard InChI is InChI=1S/C10H6F6N2O/c11-9(12,13)8(19,10(14,15)16)7-17-5-3-1-2-4-6(5)18-7/h1-4,19H,(H,17,18). The topological polar surface area (TPSA) is 48.9 Å². The van der Waals surface area contributed by atoms with Crippen LogP contribution in [0.25, 0.3) is 11.0 Å². The molecule has 3 nitrogen and oxygen atoms in total. The Hall–Kier alpha value is -1.77. The molecule has 0 aliphatic heterocycles. The maximum absolute atomic E-state index is 12.6. The molecule has 0 radical (unpaired) electrons. The van der Waals surface area contributed by atoms with Gasteiger partial charge in [0.1, 0.15) is 0 Å². The van der Waals surface area contributed by atoms with Crippen LogP contribution in [-0.2, 0) is 5.60 Å². The van der Waals surface area contributed by atoms with E-state index in [-0.39, 0.29) is 11.0 Å². The molecule has 2 rings (SSSR count). The highest BCUT2D eigenvalue weighted by Crippen LogP contribution is 2.49. The van der Waals surface area contributed by atoms with E-state index in [0.717, 1.165) is 0 Å². The summed E-state index contributed by atoms with van der Waals surface area (Å²) in [5, 5.41) is 9.11. The monoisotopic (exact) mass is 284 g/mol. The molecule has 0 fully saturated rings. The Labute approximate surface area is 101 Å². The maximum Gasteiger partial charge on any atom is 0.433 e. The molecule has 1 aromatic heterocycles. The molecule has 0 saturated heterocycles. The zero-order valence-corrected chi connectivity index (χ0v) is 8.97.